The van der Waals surface area contributed by atoms with Gasteiger partial charge in [0.25, 0.3) is 0 Å². The Kier molecular flexibility index (Phi) is 2.62. The Bertz CT molecular complexity index is 147. The van der Waals surface area contributed by atoms with E-state index >= 15 is 0 Å². The first-order chi connectivity index (χ1) is 4.97. The summed E-state index contributed by atoms with van der Waals surface area (Å²) in [6, 6.07) is 0. The van der Waals surface area contributed by atoms with Crippen molar-refractivity contribution in [3.8, 4) is 0 Å². The molecule has 1 aliphatic heterocycles. The largest absolute Gasteiger partial charge is 0.348 e. The smallest absolute Gasteiger partial charge is 0.163 e. The lowest BCUT2D eigenvalue weighted by atomic mass is 10.1. The molecule has 1 rings (SSSR count). The zero-order valence-corrected chi connectivity index (χ0v) is 8.90. The van der Waals surface area contributed by atoms with E-state index in [0.717, 1.165) is 11.8 Å². The molecular weight excluding hydrogens is 208 g/mol. The van der Waals surface area contributed by atoms with Gasteiger partial charge in [-0.1, -0.05) is 15.9 Å². The zero-order chi connectivity index (χ0) is 8.54. The summed E-state index contributed by atoms with van der Waals surface area (Å²) in [6.07, 6.45) is 0.996. The van der Waals surface area contributed by atoms with Gasteiger partial charge in [0, 0.05) is 5.33 Å². The van der Waals surface area contributed by atoms with Crippen molar-refractivity contribution in [1.29, 1.82) is 0 Å². The number of ether oxygens (including phenoxy) is 2. The minimum atomic E-state index is -0.392. The van der Waals surface area contributed by atoms with Gasteiger partial charge in [-0.05, 0) is 27.2 Å². The van der Waals surface area contributed by atoms with E-state index in [-0.39, 0.29) is 5.60 Å². The SMILES string of the molecule is CC1(CCBr)COC(C)(C)O1. The van der Waals surface area contributed by atoms with E-state index in [1.54, 1.807) is 0 Å². The molecule has 1 atom stereocenters. The molecule has 0 bridgehead atoms. The van der Waals surface area contributed by atoms with Crippen LogP contribution in [0.4, 0.5) is 0 Å². The third-order valence-corrected chi connectivity index (χ3v) is 2.24. The summed E-state index contributed by atoms with van der Waals surface area (Å²) in [4.78, 5) is 0. The molecule has 0 aromatic heterocycles. The van der Waals surface area contributed by atoms with Crippen LogP contribution in [0.1, 0.15) is 27.2 Å². The monoisotopic (exact) mass is 222 g/mol. The Balaban J connectivity index is 2.51. The second-order valence-corrected chi connectivity index (χ2v) is 4.47. The van der Waals surface area contributed by atoms with Gasteiger partial charge in [-0.3, -0.25) is 0 Å². The lowest BCUT2D eigenvalue weighted by molar-refractivity contribution is -0.157. The van der Waals surface area contributed by atoms with Crippen LogP contribution in [-0.2, 0) is 9.47 Å². The number of hydrogen-bond acceptors (Lipinski definition) is 2. The van der Waals surface area contributed by atoms with Crippen LogP contribution < -0.4 is 0 Å². The van der Waals surface area contributed by atoms with Crippen LogP contribution in [0.3, 0.4) is 0 Å². The van der Waals surface area contributed by atoms with Crippen molar-refractivity contribution in [2.24, 2.45) is 0 Å². The summed E-state index contributed by atoms with van der Waals surface area (Å²) < 4.78 is 11.2. The van der Waals surface area contributed by atoms with Gasteiger partial charge in [0.15, 0.2) is 5.79 Å². The highest BCUT2D eigenvalue weighted by atomic mass is 79.9. The van der Waals surface area contributed by atoms with Crippen LogP contribution in [0.2, 0.25) is 0 Å². The fourth-order valence-electron chi connectivity index (χ4n) is 1.30. The Labute approximate surface area is 76.4 Å². The van der Waals surface area contributed by atoms with Gasteiger partial charge in [-0.2, -0.15) is 0 Å². The van der Waals surface area contributed by atoms with Crippen LogP contribution in [0.15, 0.2) is 0 Å². The van der Waals surface area contributed by atoms with Crippen molar-refractivity contribution in [3.63, 3.8) is 0 Å². The maximum atomic E-state index is 5.72. The summed E-state index contributed by atoms with van der Waals surface area (Å²) in [5, 5.41) is 0.961. The standard InChI is InChI=1S/C8H15BrO2/c1-7(2)10-6-8(3,11-7)4-5-9/h4-6H2,1-3H3. The molecule has 1 aliphatic rings. The Morgan fingerprint density at radius 1 is 1.36 bits per heavy atom. The van der Waals surface area contributed by atoms with Crippen LogP contribution in [0, 0.1) is 0 Å². The van der Waals surface area contributed by atoms with Crippen molar-refractivity contribution < 1.29 is 9.47 Å². The third kappa shape index (κ3) is 2.42. The quantitative estimate of drug-likeness (QED) is 0.669. The van der Waals surface area contributed by atoms with E-state index < -0.39 is 5.79 Å². The van der Waals surface area contributed by atoms with Crippen LogP contribution >= 0.6 is 15.9 Å². The predicted octanol–water partition coefficient (Wildman–Crippen LogP) is 2.31. The van der Waals surface area contributed by atoms with Gasteiger partial charge in [0.1, 0.15) is 0 Å². The lowest BCUT2D eigenvalue weighted by Gasteiger charge is -2.23. The van der Waals surface area contributed by atoms with Crippen molar-refractivity contribution in [1.82, 2.24) is 0 Å². The fourth-order valence-corrected chi connectivity index (χ4v) is 2.14. The number of halogens is 1. The molecule has 11 heavy (non-hydrogen) atoms. The minimum absolute atomic E-state index is 0.0903. The maximum absolute atomic E-state index is 5.72. The van der Waals surface area contributed by atoms with E-state index in [0.29, 0.717) is 6.61 Å². The van der Waals surface area contributed by atoms with Crippen molar-refractivity contribution in [2.75, 3.05) is 11.9 Å². The summed E-state index contributed by atoms with van der Waals surface area (Å²) in [6.45, 7) is 6.69. The van der Waals surface area contributed by atoms with Gasteiger partial charge in [0.2, 0.25) is 0 Å². The first kappa shape index (κ1) is 9.49. The van der Waals surface area contributed by atoms with E-state index in [1.807, 2.05) is 13.8 Å². The molecule has 3 heteroatoms. The highest BCUT2D eigenvalue weighted by Crippen LogP contribution is 2.33. The molecular formula is C8H15BrO2. The van der Waals surface area contributed by atoms with Crippen molar-refractivity contribution >= 4 is 15.9 Å². The average molecular weight is 223 g/mol. The zero-order valence-electron chi connectivity index (χ0n) is 7.32. The molecule has 2 nitrogen and oxygen atoms in total. The van der Waals surface area contributed by atoms with Crippen LogP contribution in [-0.4, -0.2) is 23.3 Å². The molecule has 0 amide bonds. The van der Waals surface area contributed by atoms with Gasteiger partial charge < -0.3 is 9.47 Å². The molecule has 1 heterocycles. The minimum Gasteiger partial charge on any atom is -0.348 e. The highest BCUT2D eigenvalue weighted by Gasteiger charge is 2.41. The number of hydrogen-bond donors (Lipinski definition) is 0. The molecule has 0 aromatic carbocycles. The molecule has 1 saturated heterocycles. The first-order valence-electron chi connectivity index (χ1n) is 3.88. The van der Waals surface area contributed by atoms with Crippen LogP contribution in [0.25, 0.3) is 0 Å². The summed E-state index contributed by atoms with van der Waals surface area (Å²) in [5.41, 5.74) is -0.0903. The second-order valence-electron chi connectivity index (χ2n) is 3.68. The number of alkyl halides is 1. The van der Waals surface area contributed by atoms with Crippen molar-refractivity contribution in [2.45, 2.75) is 38.6 Å². The van der Waals surface area contributed by atoms with Crippen LogP contribution in [0.5, 0.6) is 0 Å². The molecule has 0 saturated carbocycles. The average Bonchev–Trinajstić information content (AvgIpc) is 2.07. The Morgan fingerprint density at radius 3 is 2.36 bits per heavy atom. The van der Waals surface area contributed by atoms with E-state index in [2.05, 4.69) is 22.9 Å². The van der Waals surface area contributed by atoms with Gasteiger partial charge >= 0.3 is 0 Å². The normalized spacial score (nSPS) is 36.0. The van der Waals surface area contributed by atoms with Crippen molar-refractivity contribution in [3.05, 3.63) is 0 Å². The second kappa shape index (κ2) is 3.04. The number of rotatable bonds is 2. The topological polar surface area (TPSA) is 18.5 Å². The summed E-state index contributed by atoms with van der Waals surface area (Å²) in [5.74, 6) is -0.392. The maximum Gasteiger partial charge on any atom is 0.163 e. The molecule has 0 N–H and O–H groups in total. The predicted molar refractivity (Wildman–Crippen MR) is 47.9 cm³/mol. The molecule has 0 aromatic rings. The van der Waals surface area contributed by atoms with E-state index in [1.165, 1.54) is 0 Å². The molecule has 0 spiro atoms. The van der Waals surface area contributed by atoms with Gasteiger partial charge in [0.05, 0.1) is 12.2 Å². The molecule has 1 fully saturated rings. The fraction of sp³-hybridized carbons (Fsp3) is 1.00. The highest BCUT2D eigenvalue weighted by molar-refractivity contribution is 9.09. The third-order valence-electron chi connectivity index (χ3n) is 1.84. The molecule has 1 unspecified atom stereocenters. The van der Waals surface area contributed by atoms with Gasteiger partial charge in [-0.15, -0.1) is 0 Å². The molecule has 0 aliphatic carbocycles. The van der Waals surface area contributed by atoms with Gasteiger partial charge in [-0.25, -0.2) is 0 Å². The molecule has 66 valence electrons. The van der Waals surface area contributed by atoms with E-state index in [9.17, 15) is 0 Å². The summed E-state index contributed by atoms with van der Waals surface area (Å²) >= 11 is 3.40. The molecule has 0 radical (unpaired) electrons. The van der Waals surface area contributed by atoms with E-state index in [4.69, 9.17) is 9.47 Å². The Morgan fingerprint density at radius 2 is 2.00 bits per heavy atom. The first-order valence-corrected chi connectivity index (χ1v) is 5.00. The Hall–Kier alpha value is 0.400. The lowest BCUT2D eigenvalue weighted by Crippen LogP contribution is -2.31. The summed E-state index contributed by atoms with van der Waals surface area (Å²) in [7, 11) is 0.